The van der Waals surface area contributed by atoms with Crippen molar-refractivity contribution in [2.45, 2.75) is 170 Å². The largest absolute Gasteiger partial charge is 0.488 e. The minimum absolute atomic E-state index is 0. The third kappa shape index (κ3) is 19.6. The standard InChI is InChI=1S/C66H82O4S.CH4/c1-50(2)26-21-27-51(3)31-24-34-55(7)46-61(71(67,68)60-40-17-12-18-41-60)47-56(8)35-25-32-53(5)29-22-28-52(4)30-23-33-54(6)44-45-62-57(9)65(69-48-58-36-13-10-14-37-58)63-42-19-20-43-64(63)66(62)70-49-59-38-15-11-16-39-59;/h10-20,26,29-31,35-44,46,61H,21-25,27-28,32-34,45,47-49H2,1-9H3;1H4/b51-31+,52-30+,53-29+,54-44+,55-46+,56-35+;. The van der Waals surface area contributed by atoms with Crippen molar-refractivity contribution in [2.75, 3.05) is 0 Å². The van der Waals surface area contributed by atoms with E-state index in [0.29, 0.717) is 24.5 Å². The van der Waals surface area contributed by atoms with Crippen LogP contribution in [-0.2, 0) is 29.5 Å². The molecule has 0 radical (unpaired) electrons. The second-order valence-corrected chi connectivity index (χ2v) is 22.1. The SMILES string of the molecule is C.CC(C)=CCC/C(C)=C/CC/C(C)=C/C(C/C(C)=C/CC/C(C)=C/CC/C(C)=C/CC/C(C)=C/Cc1c(C)c(OCc2ccccc2)c2ccccc2c1OCc1ccccc1)S(=O)(=O)c1ccccc1. The normalized spacial score (nSPS) is 13.5. The average molecular weight is 987 g/mol. The van der Waals surface area contributed by atoms with E-state index in [1.165, 1.54) is 33.4 Å². The molecule has 0 aromatic heterocycles. The van der Waals surface area contributed by atoms with E-state index in [2.05, 4.69) is 172 Å². The van der Waals surface area contributed by atoms with Gasteiger partial charge >= 0.3 is 0 Å². The summed E-state index contributed by atoms with van der Waals surface area (Å²) in [4.78, 5) is 0.387. The van der Waals surface area contributed by atoms with E-state index >= 15 is 0 Å². The second kappa shape index (κ2) is 30.9. The van der Waals surface area contributed by atoms with Crippen LogP contribution in [0.4, 0.5) is 0 Å². The lowest BCUT2D eigenvalue weighted by Crippen LogP contribution is -2.20. The highest BCUT2D eigenvalue weighted by Gasteiger charge is 2.26. The number of rotatable bonds is 28. The topological polar surface area (TPSA) is 52.6 Å². The highest BCUT2D eigenvalue weighted by atomic mass is 32.2. The van der Waals surface area contributed by atoms with Crippen molar-refractivity contribution in [1.29, 1.82) is 0 Å². The molecule has 5 rings (SSSR count). The molecule has 0 amide bonds. The Morgan fingerprint density at radius 2 is 0.861 bits per heavy atom. The van der Waals surface area contributed by atoms with Gasteiger partial charge in [-0.2, -0.15) is 0 Å². The summed E-state index contributed by atoms with van der Waals surface area (Å²) in [7, 11) is -3.54. The Morgan fingerprint density at radius 1 is 0.472 bits per heavy atom. The molecule has 0 aliphatic carbocycles. The maximum absolute atomic E-state index is 14.0. The minimum atomic E-state index is -3.54. The Hall–Kier alpha value is -5.91. The van der Waals surface area contributed by atoms with Crippen molar-refractivity contribution in [3.8, 4) is 11.5 Å². The lowest BCUT2D eigenvalue weighted by Gasteiger charge is -2.21. The van der Waals surface area contributed by atoms with Crippen LogP contribution in [0.15, 0.2) is 202 Å². The molecule has 0 spiro atoms. The first kappa shape index (κ1) is 58.7. The molecule has 0 bridgehead atoms. The van der Waals surface area contributed by atoms with Gasteiger partial charge in [0.15, 0.2) is 9.84 Å². The Bertz CT molecular complexity index is 2780. The quantitative estimate of drug-likeness (QED) is 0.0469. The molecule has 0 saturated heterocycles. The van der Waals surface area contributed by atoms with Crippen molar-refractivity contribution in [1.82, 2.24) is 0 Å². The lowest BCUT2D eigenvalue weighted by atomic mass is 9.95. The predicted octanol–water partition coefficient (Wildman–Crippen LogP) is 19.3. The number of ether oxygens (including phenoxy) is 2. The van der Waals surface area contributed by atoms with Crippen LogP contribution in [0.25, 0.3) is 10.8 Å². The molecule has 384 valence electrons. The van der Waals surface area contributed by atoms with Gasteiger partial charge in [-0.05, 0) is 168 Å². The van der Waals surface area contributed by atoms with Gasteiger partial charge in [-0.3, -0.25) is 0 Å². The summed E-state index contributed by atoms with van der Waals surface area (Å²) < 4.78 is 41.3. The molecule has 4 nitrogen and oxygen atoms in total. The molecular weight excluding hydrogens is 901 g/mol. The van der Waals surface area contributed by atoms with Gasteiger partial charge < -0.3 is 9.47 Å². The number of allylic oxidation sites excluding steroid dienone is 13. The fraction of sp³-hybridized carbons (Fsp3) is 0.373. The molecule has 0 aliphatic heterocycles. The monoisotopic (exact) mass is 987 g/mol. The van der Waals surface area contributed by atoms with E-state index in [1.807, 2.05) is 36.4 Å². The van der Waals surface area contributed by atoms with Gasteiger partial charge in [0.05, 0.1) is 10.1 Å². The highest BCUT2D eigenvalue weighted by Crippen LogP contribution is 2.42. The summed E-state index contributed by atoms with van der Waals surface area (Å²) in [5.41, 5.74) is 13.7. The third-order valence-corrected chi connectivity index (χ3v) is 15.3. The zero-order valence-corrected chi connectivity index (χ0v) is 45.3. The average Bonchev–Trinajstić information content (AvgIpc) is 3.35. The first-order chi connectivity index (χ1) is 34.2. The summed E-state index contributed by atoms with van der Waals surface area (Å²) in [5, 5.41) is 1.54. The predicted molar refractivity (Wildman–Crippen MR) is 311 cm³/mol. The van der Waals surface area contributed by atoms with Crippen LogP contribution in [0.2, 0.25) is 0 Å². The van der Waals surface area contributed by atoms with Crippen molar-refractivity contribution < 1.29 is 17.9 Å². The third-order valence-electron chi connectivity index (χ3n) is 13.3. The molecule has 1 atom stereocenters. The van der Waals surface area contributed by atoms with Crippen molar-refractivity contribution in [3.63, 3.8) is 0 Å². The van der Waals surface area contributed by atoms with Crippen molar-refractivity contribution >= 4 is 20.6 Å². The minimum Gasteiger partial charge on any atom is -0.488 e. The maximum atomic E-state index is 14.0. The van der Waals surface area contributed by atoms with Crippen LogP contribution >= 0.6 is 0 Å². The summed E-state index contributed by atoms with van der Waals surface area (Å²) in [6.07, 6.45) is 27.0. The van der Waals surface area contributed by atoms with Gasteiger partial charge in [-0.1, -0.05) is 192 Å². The van der Waals surface area contributed by atoms with Crippen LogP contribution in [0, 0.1) is 6.92 Å². The van der Waals surface area contributed by atoms with E-state index < -0.39 is 15.1 Å². The van der Waals surface area contributed by atoms with Gasteiger partial charge in [-0.25, -0.2) is 8.42 Å². The van der Waals surface area contributed by atoms with E-state index in [0.717, 1.165) is 121 Å². The van der Waals surface area contributed by atoms with Gasteiger partial charge in [0.2, 0.25) is 0 Å². The Morgan fingerprint density at radius 3 is 1.35 bits per heavy atom. The number of hydrogen-bond donors (Lipinski definition) is 0. The second-order valence-electron chi connectivity index (χ2n) is 19.9. The Kier molecular flexibility index (Phi) is 25.1. The summed E-state index contributed by atoms with van der Waals surface area (Å²) >= 11 is 0. The molecule has 0 saturated carbocycles. The zero-order chi connectivity index (χ0) is 51.0. The highest BCUT2D eigenvalue weighted by molar-refractivity contribution is 7.92. The van der Waals surface area contributed by atoms with Crippen molar-refractivity contribution in [2.24, 2.45) is 0 Å². The van der Waals surface area contributed by atoms with Crippen LogP contribution in [0.5, 0.6) is 11.5 Å². The number of fused-ring (bicyclic) bond motifs is 1. The molecule has 1 unspecified atom stereocenters. The van der Waals surface area contributed by atoms with Crippen LogP contribution < -0.4 is 9.47 Å². The van der Waals surface area contributed by atoms with Crippen LogP contribution in [0.1, 0.15) is 156 Å². The summed E-state index contributed by atoms with van der Waals surface area (Å²) in [6, 6.07) is 38.1. The first-order valence-electron chi connectivity index (χ1n) is 26.0. The van der Waals surface area contributed by atoms with Gasteiger partial charge in [-0.15, -0.1) is 0 Å². The number of sulfone groups is 1. The van der Waals surface area contributed by atoms with E-state index in [4.69, 9.17) is 9.47 Å². The molecular formula is C67H86O4S. The van der Waals surface area contributed by atoms with Gasteiger partial charge in [0.1, 0.15) is 24.7 Å². The van der Waals surface area contributed by atoms with E-state index in [-0.39, 0.29) is 7.43 Å². The first-order valence-corrected chi connectivity index (χ1v) is 27.5. The maximum Gasteiger partial charge on any atom is 0.185 e. The van der Waals surface area contributed by atoms with Crippen LogP contribution in [-0.4, -0.2) is 13.7 Å². The molecule has 5 aromatic carbocycles. The van der Waals surface area contributed by atoms with Gasteiger partial charge in [0, 0.05) is 16.3 Å². The molecule has 0 fully saturated rings. The molecule has 5 heteroatoms. The zero-order valence-electron chi connectivity index (χ0n) is 44.5. The fourth-order valence-corrected chi connectivity index (χ4v) is 10.7. The lowest BCUT2D eigenvalue weighted by molar-refractivity contribution is 0.299. The van der Waals surface area contributed by atoms with Gasteiger partial charge in [0.25, 0.3) is 0 Å². The number of benzene rings is 5. The van der Waals surface area contributed by atoms with Crippen molar-refractivity contribution in [3.05, 3.63) is 219 Å². The molecule has 5 aromatic rings. The Labute approximate surface area is 437 Å². The molecule has 0 heterocycles. The fourth-order valence-electron chi connectivity index (χ4n) is 8.91. The van der Waals surface area contributed by atoms with E-state index in [9.17, 15) is 8.42 Å². The van der Waals surface area contributed by atoms with E-state index in [1.54, 1.807) is 12.1 Å². The Balaban J connectivity index is 0.0000112. The molecule has 72 heavy (non-hydrogen) atoms. The smallest absolute Gasteiger partial charge is 0.185 e. The molecule has 0 N–H and O–H groups in total. The van der Waals surface area contributed by atoms with Crippen LogP contribution in [0.3, 0.4) is 0 Å². The molecule has 0 aliphatic rings. The summed E-state index contributed by atoms with van der Waals surface area (Å²) in [6.45, 7) is 20.5. The summed E-state index contributed by atoms with van der Waals surface area (Å²) in [5.74, 6) is 1.85. The number of hydrogen-bond acceptors (Lipinski definition) is 4.